The first-order valence-electron chi connectivity index (χ1n) is 13.6. The molecule has 9 rings (SSSR count). The molecule has 0 unspecified atom stereocenters. The van der Waals surface area contributed by atoms with E-state index in [1.807, 2.05) is 26.0 Å². The smallest absolute Gasteiger partial charge is 0.160 e. The van der Waals surface area contributed by atoms with Crippen LogP contribution in [0.15, 0.2) is 97.1 Å². The Morgan fingerprint density at radius 3 is 1.27 bits per heavy atom. The highest BCUT2D eigenvalue weighted by Gasteiger charge is 2.24. The van der Waals surface area contributed by atoms with Gasteiger partial charge in [-0.2, -0.15) is 0 Å². The zero-order valence-corrected chi connectivity index (χ0v) is 22.0. The van der Waals surface area contributed by atoms with Gasteiger partial charge in [-0.1, -0.05) is 48.5 Å². The number of pyridine rings is 4. The van der Waals surface area contributed by atoms with E-state index in [1.165, 1.54) is 43.4 Å². The molecule has 0 bridgehead atoms. The Balaban J connectivity index is 1.31. The van der Waals surface area contributed by atoms with Crippen molar-refractivity contribution < 1.29 is 0 Å². The number of rotatable bonds is 2. The van der Waals surface area contributed by atoms with Crippen molar-refractivity contribution in [3.63, 3.8) is 0 Å². The summed E-state index contributed by atoms with van der Waals surface area (Å²) in [4.78, 5) is 19.3. The van der Waals surface area contributed by atoms with Gasteiger partial charge in [0.05, 0.1) is 11.4 Å². The molecule has 1 aliphatic rings. The Morgan fingerprint density at radius 2 is 0.775 bits per heavy atom. The van der Waals surface area contributed by atoms with Gasteiger partial charge in [0.15, 0.2) is 11.3 Å². The van der Waals surface area contributed by atoms with Gasteiger partial charge >= 0.3 is 0 Å². The van der Waals surface area contributed by atoms with Crippen LogP contribution >= 0.6 is 0 Å². The molecule has 0 N–H and O–H groups in total. The summed E-state index contributed by atoms with van der Waals surface area (Å²) >= 11 is 0. The summed E-state index contributed by atoms with van der Waals surface area (Å²) in [5.41, 5.74) is 10.2. The molecule has 186 valence electrons. The Morgan fingerprint density at radius 1 is 0.350 bits per heavy atom. The van der Waals surface area contributed by atoms with E-state index in [1.54, 1.807) is 0 Å². The summed E-state index contributed by atoms with van der Waals surface area (Å²) in [7, 11) is 0. The third kappa shape index (κ3) is 2.90. The summed E-state index contributed by atoms with van der Waals surface area (Å²) in [6, 6.07) is 34.7. The van der Waals surface area contributed by atoms with Crippen LogP contribution in [0, 0.1) is 13.8 Å². The van der Waals surface area contributed by atoms with E-state index >= 15 is 0 Å². The second-order valence-corrected chi connectivity index (χ2v) is 10.8. The van der Waals surface area contributed by atoms with E-state index < -0.39 is 0 Å². The molecule has 4 nitrogen and oxygen atoms in total. The van der Waals surface area contributed by atoms with Crippen LogP contribution in [-0.2, 0) is 0 Å². The van der Waals surface area contributed by atoms with Crippen LogP contribution in [0.2, 0.25) is 0 Å². The molecule has 4 aromatic heterocycles. The molecule has 0 fully saturated rings. The molecule has 0 saturated carbocycles. The molecule has 0 atom stereocenters. The SMILES string of the molecule is Cc1ccc2ccc(-c3ccc4c5c3ccc3ccc6c(-c7ccc8ccc(C)nc8n7)ccc-4c6c35)nc2n1. The van der Waals surface area contributed by atoms with Gasteiger partial charge in [0.25, 0.3) is 0 Å². The molecule has 0 aliphatic heterocycles. The Kier molecular flexibility index (Phi) is 4.16. The molecule has 0 spiro atoms. The molecular weight excluding hydrogens is 488 g/mol. The zero-order valence-electron chi connectivity index (χ0n) is 22.0. The van der Waals surface area contributed by atoms with Crippen molar-refractivity contribution >= 4 is 54.4 Å². The van der Waals surface area contributed by atoms with Gasteiger partial charge in [-0.15, -0.1) is 0 Å². The van der Waals surface area contributed by atoms with Crippen molar-refractivity contribution in [3.05, 3.63) is 108 Å². The lowest BCUT2D eigenvalue weighted by atomic mass is 9.95. The first-order chi connectivity index (χ1) is 19.6. The third-order valence-electron chi connectivity index (χ3n) is 8.36. The second-order valence-electron chi connectivity index (χ2n) is 10.8. The number of benzene rings is 4. The van der Waals surface area contributed by atoms with Crippen LogP contribution in [0.5, 0.6) is 0 Å². The average Bonchev–Trinajstić information content (AvgIpc) is 3.33. The van der Waals surface area contributed by atoms with E-state index in [4.69, 9.17) is 9.97 Å². The third-order valence-corrected chi connectivity index (χ3v) is 8.36. The fourth-order valence-electron chi connectivity index (χ4n) is 6.49. The summed E-state index contributed by atoms with van der Waals surface area (Å²) in [6.07, 6.45) is 0. The molecule has 4 aromatic carbocycles. The number of aromatic nitrogens is 4. The second kappa shape index (κ2) is 7.67. The first kappa shape index (κ1) is 21.7. The maximum absolute atomic E-state index is 4.98. The Labute approximate surface area is 230 Å². The van der Waals surface area contributed by atoms with Gasteiger partial charge in [-0.3, -0.25) is 0 Å². The summed E-state index contributed by atoms with van der Waals surface area (Å²) in [6.45, 7) is 4.02. The van der Waals surface area contributed by atoms with Crippen molar-refractivity contribution in [1.29, 1.82) is 0 Å². The lowest BCUT2D eigenvalue weighted by Gasteiger charge is -2.10. The van der Waals surface area contributed by atoms with Crippen LogP contribution in [0.4, 0.5) is 0 Å². The number of hydrogen-bond acceptors (Lipinski definition) is 4. The molecule has 4 heterocycles. The van der Waals surface area contributed by atoms with Gasteiger partial charge in [-0.05, 0) is 106 Å². The van der Waals surface area contributed by atoms with Crippen molar-refractivity contribution in [3.8, 4) is 33.6 Å². The van der Waals surface area contributed by atoms with Gasteiger partial charge < -0.3 is 0 Å². The van der Waals surface area contributed by atoms with E-state index in [9.17, 15) is 0 Å². The molecule has 40 heavy (non-hydrogen) atoms. The van der Waals surface area contributed by atoms with E-state index in [0.29, 0.717) is 0 Å². The lowest BCUT2D eigenvalue weighted by Crippen LogP contribution is -1.91. The van der Waals surface area contributed by atoms with Crippen LogP contribution in [-0.4, -0.2) is 19.9 Å². The van der Waals surface area contributed by atoms with Crippen molar-refractivity contribution in [1.82, 2.24) is 19.9 Å². The van der Waals surface area contributed by atoms with E-state index in [2.05, 4.69) is 94.9 Å². The standard InChI is InChI=1S/C36H22N4/c1-19-3-5-22-9-17-30(39-35(22)37-19)24-13-15-28-29-16-14-25(31-18-10-23-6-4-20(2)38-36(23)40-31)27-12-8-21-7-11-26(24)33(28)32(21)34(27)29/h3-18H,1-2H3. The fraction of sp³-hybridized carbons (Fsp3) is 0.0556. The molecule has 0 saturated heterocycles. The minimum atomic E-state index is 0.785. The molecule has 0 radical (unpaired) electrons. The summed E-state index contributed by atoms with van der Waals surface area (Å²) in [5.74, 6) is 0. The zero-order chi connectivity index (χ0) is 26.5. The number of hydrogen-bond donors (Lipinski definition) is 0. The molecule has 0 amide bonds. The average molecular weight is 511 g/mol. The first-order valence-corrected chi connectivity index (χ1v) is 13.6. The van der Waals surface area contributed by atoms with Crippen molar-refractivity contribution in [2.45, 2.75) is 13.8 Å². The maximum Gasteiger partial charge on any atom is 0.160 e. The predicted octanol–water partition coefficient (Wildman–Crippen LogP) is 8.96. The largest absolute Gasteiger partial charge is 0.233 e. The normalized spacial score (nSPS) is 12.2. The van der Waals surface area contributed by atoms with Crippen LogP contribution in [0.1, 0.15) is 11.4 Å². The number of aryl methyl sites for hydroxylation is 2. The maximum atomic E-state index is 4.98. The van der Waals surface area contributed by atoms with Crippen molar-refractivity contribution in [2.75, 3.05) is 0 Å². The Bertz CT molecular complexity index is 2240. The quantitative estimate of drug-likeness (QED) is 0.218. The predicted molar refractivity (Wildman–Crippen MR) is 164 cm³/mol. The van der Waals surface area contributed by atoms with Gasteiger partial charge in [0.2, 0.25) is 0 Å². The topological polar surface area (TPSA) is 51.6 Å². The van der Waals surface area contributed by atoms with E-state index in [-0.39, 0.29) is 0 Å². The molecule has 1 aliphatic carbocycles. The Hall–Kier alpha value is -5.22. The van der Waals surface area contributed by atoms with Crippen LogP contribution in [0.3, 0.4) is 0 Å². The van der Waals surface area contributed by atoms with Gasteiger partial charge in [0.1, 0.15) is 0 Å². The summed E-state index contributed by atoms with van der Waals surface area (Å²) < 4.78 is 0. The fourth-order valence-corrected chi connectivity index (χ4v) is 6.49. The minimum absolute atomic E-state index is 0.785. The van der Waals surface area contributed by atoms with Crippen LogP contribution < -0.4 is 0 Å². The number of fused-ring (bicyclic) bond motifs is 3. The minimum Gasteiger partial charge on any atom is -0.233 e. The van der Waals surface area contributed by atoms with Gasteiger partial charge in [-0.25, -0.2) is 19.9 Å². The number of nitrogens with zero attached hydrogens (tertiary/aromatic N) is 4. The monoisotopic (exact) mass is 510 g/mol. The van der Waals surface area contributed by atoms with Crippen molar-refractivity contribution in [2.24, 2.45) is 0 Å². The van der Waals surface area contributed by atoms with Crippen LogP contribution in [0.25, 0.3) is 88.0 Å². The highest BCUT2D eigenvalue weighted by molar-refractivity contribution is 6.35. The van der Waals surface area contributed by atoms with Gasteiger partial charge in [0, 0.05) is 33.3 Å². The lowest BCUT2D eigenvalue weighted by molar-refractivity contribution is 1.20. The highest BCUT2D eigenvalue weighted by Crippen LogP contribution is 2.51. The summed E-state index contributed by atoms with van der Waals surface area (Å²) in [5, 5.41) is 9.72. The van der Waals surface area contributed by atoms with E-state index in [0.717, 1.165) is 56.0 Å². The molecular formula is C36H22N4. The molecule has 4 heteroatoms. The highest BCUT2D eigenvalue weighted by atomic mass is 14.9. The molecule has 8 aromatic rings.